The van der Waals surface area contributed by atoms with Crippen molar-refractivity contribution in [1.82, 2.24) is 10.2 Å². The van der Waals surface area contributed by atoms with Crippen LogP contribution in [0.1, 0.15) is 44.9 Å². The summed E-state index contributed by atoms with van der Waals surface area (Å²) < 4.78 is 36.4. The van der Waals surface area contributed by atoms with Gasteiger partial charge in [0.2, 0.25) is 0 Å². The fourth-order valence-corrected chi connectivity index (χ4v) is 2.60. The number of alkyl halides is 3. The standard InChI is InChI=1S/C14H27F3N4.HI/c1-21(11-14(15,16)17)10-6-9-19-13(18)20-12-7-4-2-3-5-8-12;/h12H,2-11H2,1H3,(H3,18,19,20);1H. The molecule has 1 saturated carbocycles. The van der Waals surface area contributed by atoms with E-state index in [9.17, 15) is 13.2 Å². The van der Waals surface area contributed by atoms with E-state index in [2.05, 4.69) is 10.3 Å². The predicted molar refractivity (Wildman–Crippen MR) is 94.7 cm³/mol. The second-order valence-corrected chi connectivity index (χ2v) is 5.81. The Balaban J connectivity index is 0.00000441. The molecular formula is C14H28F3IN4. The number of hydrogen-bond acceptors (Lipinski definition) is 2. The maximum atomic E-state index is 12.1. The monoisotopic (exact) mass is 436 g/mol. The van der Waals surface area contributed by atoms with Crippen molar-refractivity contribution in [3.63, 3.8) is 0 Å². The lowest BCUT2D eigenvalue weighted by Crippen LogP contribution is -2.40. The third kappa shape index (κ3) is 11.3. The molecule has 22 heavy (non-hydrogen) atoms. The Labute approximate surface area is 148 Å². The topological polar surface area (TPSA) is 53.6 Å². The first-order valence-electron chi connectivity index (χ1n) is 7.68. The van der Waals surface area contributed by atoms with Gasteiger partial charge in [0.15, 0.2) is 5.96 Å². The zero-order chi connectivity index (χ0) is 15.7. The molecule has 0 bridgehead atoms. The van der Waals surface area contributed by atoms with Crippen molar-refractivity contribution in [2.45, 2.75) is 57.2 Å². The molecule has 0 aromatic carbocycles. The summed E-state index contributed by atoms with van der Waals surface area (Å²) in [6.07, 6.45) is 3.65. The molecule has 4 nitrogen and oxygen atoms in total. The van der Waals surface area contributed by atoms with Crippen LogP contribution >= 0.6 is 24.0 Å². The molecule has 0 heterocycles. The molecule has 0 spiro atoms. The first-order chi connectivity index (χ1) is 9.87. The van der Waals surface area contributed by atoms with Crippen LogP contribution < -0.4 is 11.1 Å². The summed E-state index contributed by atoms with van der Waals surface area (Å²) in [5, 5.41) is 3.22. The maximum Gasteiger partial charge on any atom is 0.401 e. The van der Waals surface area contributed by atoms with Gasteiger partial charge < -0.3 is 11.1 Å². The average molecular weight is 436 g/mol. The summed E-state index contributed by atoms with van der Waals surface area (Å²) in [5.41, 5.74) is 5.82. The molecule has 0 unspecified atom stereocenters. The molecule has 0 aromatic heterocycles. The van der Waals surface area contributed by atoms with E-state index in [1.54, 1.807) is 0 Å². The van der Waals surface area contributed by atoms with Gasteiger partial charge in [-0.15, -0.1) is 24.0 Å². The number of hydrogen-bond donors (Lipinski definition) is 2. The summed E-state index contributed by atoms with van der Waals surface area (Å²) in [4.78, 5) is 5.45. The fraction of sp³-hybridized carbons (Fsp3) is 0.929. The third-order valence-corrected chi connectivity index (χ3v) is 3.64. The Kier molecular flexibility index (Phi) is 11.2. The maximum absolute atomic E-state index is 12.1. The van der Waals surface area contributed by atoms with E-state index >= 15 is 0 Å². The Hall–Kier alpha value is -0.250. The minimum Gasteiger partial charge on any atom is -0.370 e. The fourth-order valence-electron chi connectivity index (χ4n) is 2.60. The van der Waals surface area contributed by atoms with E-state index < -0.39 is 12.7 Å². The quantitative estimate of drug-likeness (QED) is 0.221. The molecule has 1 rings (SSSR count). The summed E-state index contributed by atoms with van der Waals surface area (Å²) in [5.74, 6) is 0.417. The number of nitrogens with two attached hydrogens (primary N) is 1. The molecule has 3 N–H and O–H groups in total. The molecule has 0 saturated heterocycles. The van der Waals surface area contributed by atoms with Crippen LogP contribution in [0.4, 0.5) is 13.2 Å². The Morgan fingerprint density at radius 1 is 1.23 bits per heavy atom. The molecule has 0 aromatic rings. The summed E-state index contributed by atoms with van der Waals surface area (Å²) in [6.45, 7) is -0.0695. The van der Waals surface area contributed by atoms with Gasteiger partial charge in [-0.3, -0.25) is 9.89 Å². The van der Waals surface area contributed by atoms with Gasteiger partial charge >= 0.3 is 6.18 Å². The molecular weight excluding hydrogens is 408 g/mol. The molecule has 132 valence electrons. The van der Waals surface area contributed by atoms with Crippen LogP contribution in [0, 0.1) is 0 Å². The smallest absolute Gasteiger partial charge is 0.370 e. The highest BCUT2D eigenvalue weighted by molar-refractivity contribution is 14.0. The second-order valence-electron chi connectivity index (χ2n) is 5.81. The molecule has 0 atom stereocenters. The van der Waals surface area contributed by atoms with Crippen molar-refractivity contribution in [2.24, 2.45) is 10.7 Å². The number of aliphatic imine (C=N–C) groups is 1. The number of rotatable bonds is 6. The van der Waals surface area contributed by atoms with E-state index in [-0.39, 0.29) is 24.0 Å². The van der Waals surface area contributed by atoms with E-state index in [1.807, 2.05) is 0 Å². The molecule has 0 radical (unpaired) electrons. The lowest BCUT2D eigenvalue weighted by atomic mass is 10.1. The van der Waals surface area contributed by atoms with Gasteiger partial charge in [0.25, 0.3) is 0 Å². The lowest BCUT2D eigenvalue weighted by Gasteiger charge is -2.18. The number of halogens is 4. The molecule has 0 amide bonds. The zero-order valence-corrected chi connectivity index (χ0v) is 15.5. The predicted octanol–water partition coefficient (Wildman–Crippen LogP) is 3.12. The van der Waals surface area contributed by atoms with Crippen molar-refractivity contribution >= 4 is 29.9 Å². The number of guanidine groups is 1. The number of nitrogens with one attached hydrogen (secondary N) is 1. The Bertz CT molecular complexity index is 316. The van der Waals surface area contributed by atoms with Crippen LogP contribution in [0.5, 0.6) is 0 Å². The summed E-state index contributed by atoms with van der Waals surface area (Å²) in [6, 6.07) is 0.393. The van der Waals surface area contributed by atoms with Crippen LogP contribution in [0.2, 0.25) is 0 Å². The van der Waals surface area contributed by atoms with Gasteiger partial charge in [0.1, 0.15) is 0 Å². The molecule has 1 aliphatic carbocycles. The minimum absolute atomic E-state index is 0. The largest absolute Gasteiger partial charge is 0.401 e. The van der Waals surface area contributed by atoms with E-state index in [4.69, 9.17) is 5.73 Å². The average Bonchev–Trinajstić information content (AvgIpc) is 2.61. The van der Waals surface area contributed by atoms with Crippen LogP contribution in [0.3, 0.4) is 0 Å². The highest BCUT2D eigenvalue weighted by Crippen LogP contribution is 2.17. The van der Waals surface area contributed by atoms with Crippen molar-refractivity contribution in [3.8, 4) is 0 Å². The van der Waals surface area contributed by atoms with Gasteiger partial charge in [0.05, 0.1) is 6.54 Å². The molecule has 8 heteroatoms. The summed E-state index contributed by atoms with van der Waals surface area (Å²) >= 11 is 0. The van der Waals surface area contributed by atoms with E-state index in [0.717, 1.165) is 12.8 Å². The van der Waals surface area contributed by atoms with E-state index in [1.165, 1.54) is 37.6 Å². The first kappa shape index (κ1) is 21.8. The van der Waals surface area contributed by atoms with Crippen LogP contribution in [-0.4, -0.2) is 49.8 Å². The van der Waals surface area contributed by atoms with Gasteiger partial charge in [0, 0.05) is 12.6 Å². The Morgan fingerprint density at radius 2 is 1.82 bits per heavy atom. The van der Waals surface area contributed by atoms with E-state index in [0.29, 0.717) is 31.5 Å². The van der Waals surface area contributed by atoms with Gasteiger partial charge in [-0.05, 0) is 32.9 Å². The van der Waals surface area contributed by atoms with Crippen molar-refractivity contribution < 1.29 is 13.2 Å². The Morgan fingerprint density at radius 3 is 2.36 bits per heavy atom. The highest BCUT2D eigenvalue weighted by Gasteiger charge is 2.28. The zero-order valence-electron chi connectivity index (χ0n) is 13.2. The van der Waals surface area contributed by atoms with Crippen molar-refractivity contribution in [2.75, 3.05) is 26.7 Å². The molecule has 1 aliphatic rings. The normalized spacial score (nSPS) is 18.0. The van der Waals surface area contributed by atoms with Gasteiger partial charge in [-0.2, -0.15) is 13.2 Å². The first-order valence-corrected chi connectivity index (χ1v) is 7.68. The van der Waals surface area contributed by atoms with Crippen LogP contribution in [0.15, 0.2) is 4.99 Å². The second kappa shape index (κ2) is 11.3. The van der Waals surface area contributed by atoms with Gasteiger partial charge in [-0.1, -0.05) is 25.7 Å². The molecule has 1 fully saturated rings. The third-order valence-electron chi connectivity index (χ3n) is 3.64. The van der Waals surface area contributed by atoms with Crippen molar-refractivity contribution in [1.29, 1.82) is 0 Å². The molecule has 0 aliphatic heterocycles. The van der Waals surface area contributed by atoms with Crippen LogP contribution in [-0.2, 0) is 0 Å². The highest BCUT2D eigenvalue weighted by atomic mass is 127. The van der Waals surface area contributed by atoms with Crippen LogP contribution in [0.25, 0.3) is 0 Å². The minimum atomic E-state index is -4.14. The number of nitrogens with zero attached hydrogens (tertiary/aromatic N) is 2. The van der Waals surface area contributed by atoms with Crippen molar-refractivity contribution in [3.05, 3.63) is 0 Å². The summed E-state index contributed by atoms with van der Waals surface area (Å²) in [7, 11) is 1.46. The lowest BCUT2D eigenvalue weighted by molar-refractivity contribution is -0.143. The SMILES string of the molecule is CN(CCCN=C(N)NC1CCCCCC1)CC(F)(F)F.I. The van der Waals surface area contributed by atoms with Gasteiger partial charge in [-0.25, -0.2) is 0 Å².